The van der Waals surface area contributed by atoms with E-state index in [1.807, 2.05) is 46.8 Å². The van der Waals surface area contributed by atoms with Gasteiger partial charge in [-0.25, -0.2) is 14.2 Å². The normalized spacial score (nSPS) is 9.97. The van der Waals surface area contributed by atoms with Crippen molar-refractivity contribution in [1.29, 1.82) is 0 Å². The van der Waals surface area contributed by atoms with E-state index in [0.717, 1.165) is 5.56 Å². The summed E-state index contributed by atoms with van der Waals surface area (Å²) in [6.45, 7) is 15.5. The number of halogens is 1. The van der Waals surface area contributed by atoms with Gasteiger partial charge in [0, 0.05) is 24.4 Å². The van der Waals surface area contributed by atoms with Crippen LogP contribution in [-0.2, 0) is 17.9 Å². The number of aryl methyl sites for hydroxylation is 1. The molecule has 0 unspecified atom stereocenters. The number of nitrogens with zero attached hydrogens (tertiary/aromatic N) is 1. The highest BCUT2D eigenvalue weighted by Gasteiger charge is 2.16. The molecule has 0 saturated heterocycles. The van der Waals surface area contributed by atoms with Crippen LogP contribution in [0.25, 0.3) is 0 Å². The van der Waals surface area contributed by atoms with Crippen molar-refractivity contribution in [2.75, 3.05) is 0 Å². The van der Waals surface area contributed by atoms with Crippen LogP contribution in [-0.4, -0.2) is 16.7 Å². The van der Waals surface area contributed by atoms with E-state index >= 15 is 0 Å². The number of hydrogen-bond donors (Lipinski definition) is 1. The number of benzene rings is 1. The summed E-state index contributed by atoms with van der Waals surface area (Å²) in [6, 6.07) is 8.45. The van der Waals surface area contributed by atoms with Crippen molar-refractivity contribution in [2.24, 2.45) is 0 Å². The molecule has 0 atom stereocenters. The van der Waals surface area contributed by atoms with E-state index in [9.17, 15) is 9.18 Å². The molecule has 0 aliphatic carbocycles. The second-order valence-corrected chi connectivity index (χ2v) is 6.74. The lowest BCUT2D eigenvalue weighted by Gasteiger charge is -2.19. The Labute approximate surface area is 174 Å². The molecule has 0 spiro atoms. The van der Waals surface area contributed by atoms with Gasteiger partial charge < -0.3 is 14.8 Å². The Hall–Kier alpha value is -2.63. The Balaban J connectivity index is 0.00000184. The van der Waals surface area contributed by atoms with E-state index in [2.05, 4.69) is 10.3 Å². The number of ether oxygens (including phenoxy) is 2. The Morgan fingerprint density at radius 1 is 1.10 bits per heavy atom. The highest BCUT2D eigenvalue weighted by atomic mass is 19.1. The van der Waals surface area contributed by atoms with Crippen molar-refractivity contribution in [3.05, 3.63) is 59.0 Å². The Bertz CT molecular complexity index is 743. The van der Waals surface area contributed by atoms with Crippen molar-refractivity contribution < 1.29 is 18.7 Å². The van der Waals surface area contributed by atoms with E-state index in [1.165, 1.54) is 6.07 Å². The van der Waals surface area contributed by atoms with E-state index in [0.29, 0.717) is 17.0 Å². The molecule has 1 N–H and O–H groups in total. The quantitative estimate of drug-likeness (QED) is 0.643. The van der Waals surface area contributed by atoms with Crippen LogP contribution in [0.4, 0.5) is 9.18 Å². The number of nitrogens with one attached hydrogen (secondary N) is 1. The van der Waals surface area contributed by atoms with Crippen LogP contribution < -0.4 is 10.1 Å². The molecule has 0 bridgehead atoms. The molecule has 29 heavy (non-hydrogen) atoms. The minimum absolute atomic E-state index is 0.0569. The van der Waals surface area contributed by atoms with E-state index in [4.69, 9.17) is 9.47 Å². The number of rotatable bonds is 5. The molecule has 1 aromatic carbocycles. The third-order valence-corrected chi connectivity index (χ3v) is 3.22. The maximum atomic E-state index is 14.2. The summed E-state index contributed by atoms with van der Waals surface area (Å²) in [7, 11) is 0. The van der Waals surface area contributed by atoms with Crippen LogP contribution >= 0.6 is 0 Å². The first-order valence-corrected chi connectivity index (χ1v) is 10.0. The lowest BCUT2D eigenvalue weighted by atomic mass is 10.1. The SMILES string of the molecule is CC.CC.Cc1ccnc(OCc2ccc(CNC(=O)OC(C)(C)C)c(F)c2)c1. The fourth-order valence-electron chi connectivity index (χ4n) is 2.05. The maximum Gasteiger partial charge on any atom is 0.407 e. The Morgan fingerprint density at radius 3 is 2.31 bits per heavy atom. The summed E-state index contributed by atoms with van der Waals surface area (Å²) >= 11 is 0. The van der Waals surface area contributed by atoms with Crippen molar-refractivity contribution in [3.63, 3.8) is 0 Å². The van der Waals surface area contributed by atoms with E-state index in [1.54, 1.807) is 39.1 Å². The highest BCUT2D eigenvalue weighted by molar-refractivity contribution is 5.67. The first-order chi connectivity index (χ1) is 13.7. The maximum absolute atomic E-state index is 14.2. The van der Waals surface area contributed by atoms with Gasteiger partial charge in [0.05, 0.1) is 0 Å². The number of alkyl carbamates (subject to hydrolysis) is 1. The summed E-state index contributed by atoms with van der Waals surface area (Å²) in [5, 5.41) is 2.54. The van der Waals surface area contributed by atoms with Crippen molar-refractivity contribution in [3.8, 4) is 5.88 Å². The second-order valence-electron chi connectivity index (χ2n) is 6.74. The van der Waals surface area contributed by atoms with Gasteiger partial charge in [-0.1, -0.05) is 39.8 Å². The summed E-state index contributed by atoms with van der Waals surface area (Å²) in [6.07, 6.45) is 1.08. The number of amides is 1. The molecule has 0 saturated carbocycles. The summed E-state index contributed by atoms with van der Waals surface area (Å²) < 4.78 is 24.8. The van der Waals surface area contributed by atoms with Gasteiger partial charge in [-0.05, 0) is 51.0 Å². The van der Waals surface area contributed by atoms with Crippen LogP contribution in [0, 0.1) is 12.7 Å². The fraction of sp³-hybridized carbons (Fsp3) is 0.478. The summed E-state index contributed by atoms with van der Waals surface area (Å²) in [5.74, 6) is 0.0884. The van der Waals surface area contributed by atoms with Crippen LogP contribution in [0.5, 0.6) is 5.88 Å². The van der Waals surface area contributed by atoms with E-state index < -0.39 is 17.5 Å². The molecule has 0 fully saturated rings. The lowest BCUT2D eigenvalue weighted by Crippen LogP contribution is -2.32. The third kappa shape index (κ3) is 11.1. The topological polar surface area (TPSA) is 60.5 Å². The molecule has 2 aromatic rings. The molecule has 1 aromatic heterocycles. The fourth-order valence-corrected chi connectivity index (χ4v) is 2.05. The molecule has 0 radical (unpaired) electrons. The number of pyridine rings is 1. The second kappa shape index (κ2) is 13.5. The first kappa shape index (κ1) is 26.4. The van der Waals surface area contributed by atoms with Crippen molar-refractivity contribution >= 4 is 6.09 Å². The van der Waals surface area contributed by atoms with Gasteiger partial charge in [0.1, 0.15) is 18.0 Å². The zero-order chi connectivity index (χ0) is 22.4. The zero-order valence-corrected chi connectivity index (χ0v) is 18.9. The number of carbonyl (C=O) groups is 1. The zero-order valence-electron chi connectivity index (χ0n) is 18.9. The van der Waals surface area contributed by atoms with Crippen LogP contribution in [0.15, 0.2) is 36.5 Å². The average molecular weight is 407 g/mol. The predicted molar refractivity (Wildman–Crippen MR) is 115 cm³/mol. The van der Waals surface area contributed by atoms with Crippen LogP contribution in [0.3, 0.4) is 0 Å². The van der Waals surface area contributed by atoms with Gasteiger partial charge in [-0.3, -0.25) is 0 Å². The third-order valence-electron chi connectivity index (χ3n) is 3.22. The molecule has 6 heteroatoms. The van der Waals surface area contributed by atoms with Gasteiger partial charge >= 0.3 is 6.09 Å². The standard InChI is InChI=1S/C19H23FN2O3.2C2H6/c1-13-7-8-21-17(9-13)24-12-14-5-6-15(16(20)10-14)11-22-18(23)25-19(2,3)4;2*1-2/h5-10H,11-12H2,1-4H3,(H,22,23);2*1-2H3. The molecular formula is C23H35FN2O3. The molecule has 1 heterocycles. The smallest absolute Gasteiger partial charge is 0.407 e. The lowest BCUT2D eigenvalue weighted by molar-refractivity contribution is 0.0523. The van der Waals surface area contributed by atoms with Crippen LogP contribution in [0.1, 0.15) is 65.2 Å². The Kier molecular flexibility index (Phi) is 12.3. The van der Waals surface area contributed by atoms with Gasteiger partial charge in [-0.2, -0.15) is 0 Å². The highest BCUT2D eigenvalue weighted by Crippen LogP contribution is 2.15. The van der Waals surface area contributed by atoms with Crippen LogP contribution in [0.2, 0.25) is 0 Å². The number of carbonyl (C=O) groups excluding carboxylic acids is 1. The van der Waals surface area contributed by atoms with Crippen molar-refractivity contribution in [2.45, 2.75) is 74.1 Å². The summed E-state index contributed by atoms with van der Waals surface area (Å²) in [4.78, 5) is 15.7. The van der Waals surface area contributed by atoms with Gasteiger partial charge in [-0.15, -0.1) is 0 Å². The number of hydrogen-bond acceptors (Lipinski definition) is 4. The minimum atomic E-state index is -0.590. The molecule has 2 rings (SSSR count). The largest absolute Gasteiger partial charge is 0.473 e. The molecule has 1 amide bonds. The molecule has 0 aliphatic rings. The monoisotopic (exact) mass is 406 g/mol. The number of aromatic nitrogens is 1. The van der Waals surface area contributed by atoms with E-state index in [-0.39, 0.29) is 13.2 Å². The summed E-state index contributed by atoms with van der Waals surface area (Å²) in [5.41, 5.74) is 1.51. The molecule has 0 aliphatic heterocycles. The van der Waals surface area contributed by atoms with Gasteiger partial charge in [0.15, 0.2) is 0 Å². The minimum Gasteiger partial charge on any atom is -0.473 e. The average Bonchev–Trinajstić information content (AvgIpc) is 2.67. The predicted octanol–water partition coefficient (Wildman–Crippen LogP) is 6.19. The molecule has 5 nitrogen and oxygen atoms in total. The first-order valence-electron chi connectivity index (χ1n) is 10.0. The van der Waals surface area contributed by atoms with Gasteiger partial charge in [0.2, 0.25) is 5.88 Å². The van der Waals surface area contributed by atoms with Crippen molar-refractivity contribution in [1.82, 2.24) is 10.3 Å². The van der Waals surface area contributed by atoms with Gasteiger partial charge in [0.25, 0.3) is 0 Å². The molecular weight excluding hydrogens is 371 g/mol. The molecule has 162 valence electrons. The Morgan fingerprint density at radius 2 is 1.76 bits per heavy atom.